The molecule has 0 saturated carbocycles. The minimum absolute atomic E-state index is 0.235. The number of carbonyl (C=O) groups excluding carboxylic acids is 2. The van der Waals surface area contributed by atoms with Gasteiger partial charge in [0, 0.05) is 21.8 Å². The Morgan fingerprint density at radius 3 is 2.31 bits per heavy atom. The fourth-order valence-electron chi connectivity index (χ4n) is 2.71. The highest BCUT2D eigenvalue weighted by atomic mass is 35.5. The van der Waals surface area contributed by atoms with Crippen LogP contribution in [0, 0.1) is 6.92 Å². The molecule has 0 spiro atoms. The number of rotatable bonds is 5. The van der Waals surface area contributed by atoms with Gasteiger partial charge in [-0.2, -0.15) is 5.10 Å². The lowest BCUT2D eigenvalue weighted by atomic mass is 10.1. The normalized spacial score (nSPS) is 11.1. The zero-order valence-electron chi connectivity index (χ0n) is 16.1. The molecule has 6 heteroatoms. The highest BCUT2D eigenvalue weighted by Crippen LogP contribution is 2.15. The maximum Gasteiger partial charge on any atom is 0.271 e. The Balaban J connectivity index is 1.70. The van der Waals surface area contributed by atoms with Crippen molar-refractivity contribution in [1.82, 2.24) is 5.43 Å². The molecular weight excluding hydrogens is 386 g/mol. The molecule has 29 heavy (non-hydrogen) atoms. The van der Waals surface area contributed by atoms with Crippen LogP contribution in [0.1, 0.15) is 38.8 Å². The van der Waals surface area contributed by atoms with E-state index < -0.39 is 0 Å². The second-order valence-corrected chi connectivity index (χ2v) is 6.93. The molecule has 0 aliphatic carbocycles. The number of aryl methyl sites for hydroxylation is 1. The van der Waals surface area contributed by atoms with Crippen LogP contribution < -0.4 is 10.7 Å². The number of nitrogens with one attached hydrogen (secondary N) is 2. The topological polar surface area (TPSA) is 70.6 Å². The molecule has 3 rings (SSSR count). The third-order valence-electron chi connectivity index (χ3n) is 4.36. The zero-order valence-corrected chi connectivity index (χ0v) is 16.8. The van der Waals surface area contributed by atoms with E-state index in [9.17, 15) is 9.59 Å². The van der Waals surface area contributed by atoms with Gasteiger partial charge in [0.05, 0.1) is 5.71 Å². The Morgan fingerprint density at radius 2 is 1.59 bits per heavy atom. The van der Waals surface area contributed by atoms with Gasteiger partial charge in [0.1, 0.15) is 0 Å². The molecule has 3 aromatic carbocycles. The van der Waals surface area contributed by atoms with Crippen molar-refractivity contribution in [3.63, 3.8) is 0 Å². The van der Waals surface area contributed by atoms with Gasteiger partial charge in [0.2, 0.25) is 0 Å². The molecule has 0 fully saturated rings. The number of hydrogen-bond acceptors (Lipinski definition) is 3. The first-order valence-electron chi connectivity index (χ1n) is 9.01. The average Bonchev–Trinajstić information content (AvgIpc) is 2.72. The largest absolute Gasteiger partial charge is 0.322 e. The van der Waals surface area contributed by atoms with E-state index in [1.54, 1.807) is 49.4 Å². The average molecular weight is 406 g/mol. The summed E-state index contributed by atoms with van der Waals surface area (Å²) in [5.41, 5.74) is 6.57. The first-order valence-corrected chi connectivity index (χ1v) is 9.39. The molecule has 2 N–H and O–H groups in total. The van der Waals surface area contributed by atoms with Crippen molar-refractivity contribution in [2.45, 2.75) is 13.8 Å². The number of hydrazone groups is 1. The first kappa shape index (κ1) is 20.3. The SMILES string of the molecule is C/C(=N\NC(=O)c1ccccc1C)c1cccc(NC(=O)c2ccc(Cl)cc2)c1. The van der Waals surface area contributed by atoms with Gasteiger partial charge in [-0.25, -0.2) is 5.43 Å². The highest BCUT2D eigenvalue weighted by molar-refractivity contribution is 6.30. The summed E-state index contributed by atoms with van der Waals surface area (Å²) in [4.78, 5) is 24.7. The molecule has 2 amide bonds. The van der Waals surface area contributed by atoms with Gasteiger partial charge in [-0.1, -0.05) is 41.9 Å². The van der Waals surface area contributed by atoms with Gasteiger partial charge in [0.15, 0.2) is 0 Å². The van der Waals surface area contributed by atoms with Gasteiger partial charge in [-0.3, -0.25) is 9.59 Å². The smallest absolute Gasteiger partial charge is 0.271 e. The van der Waals surface area contributed by atoms with Gasteiger partial charge in [0.25, 0.3) is 11.8 Å². The van der Waals surface area contributed by atoms with Crippen molar-refractivity contribution in [3.05, 3.63) is 100 Å². The minimum Gasteiger partial charge on any atom is -0.322 e. The molecule has 0 heterocycles. The van der Waals surface area contributed by atoms with E-state index in [0.29, 0.717) is 27.5 Å². The number of halogens is 1. The maximum atomic E-state index is 12.4. The Bertz CT molecular complexity index is 1080. The molecule has 0 aliphatic rings. The molecule has 5 nitrogen and oxygen atoms in total. The summed E-state index contributed by atoms with van der Waals surface area (Å²) in [7, 11) is 0. The van der Waals surface area contributed by atoms with E-state index in [4.69, 9.17) is 11.6 Å². The summed E-state index contributed by atoms with van der Waals surface area (Å²) in [5, 5.41) is 7.61. The summed E-state index contributed by atoms with van der Waals surface area (Å²) in [6.07, 6.45) is 0. The number of nitrogens with zero attached hydrogens (tertiary/aromatic N) is 1. The third-order valence-corrected chi connectivity index (χ3v) is 4.61. The molecule has 0 atom stereocenters. The summed E-state index contributed by atoms with van der Waals surface area (Å²) in [5.74, 6) is -0.504. The van der Waals surface area contributed by atoms with Crippen molar-refractivity contribution in [3.8, 4) is 0 Å². The van der Waals surface area contributed by atoms with E-state index >= 15 is 0 Å². The number of hydrogen-bond donors (Lipinski definition) is 2. The quantitative estimate of drug-likeness (QED) is 0.460. The second kappa shape index (κ2) is 9.17. The van der Waals surface area contributed by atoms with Crippen LogP contribution in [0.2, 0.25) is 5.02 Å². The van der Waals surface area contributed by atoms with Crippen molar-refractivity contribution in [2.75, 3.05) is 5.32 Å². The monoisotopic (exact) mass is 405 g/mol. The van der Waals surface area contributed by atoms with E-state index in [1.807, 2.05) is 37.3 Å². The van der Waals surface area contributed by atoms with E-state index in [-0.39, 0.29) is 11.8 Å². The number of carbonyl (C=O) groups is 2. The van der Waals surface area contributed by atoms with Gasteiger partial charge in [-0.15, -0.1) is 0 Å². The molecule has 0 bridgehead atoms. The van der Waals surface area contributed by atoms with Gasteiger partial charge < -0.3 is 5.32 Å². The zero-order chi connectivity index (χ0) is 20.8. The Kier molecular flexibility index (Phi) is 6.42. The van der Waals surface area contributed by atoms with Gasteiger partial charge >= 0.3 is 0 Å². The second-order valence-electron chi connectivity index (χ2n) is 6.49. The van der Waals surface area contributed by atoms with Crippen molar-refractivity contribution in [2.24, 2.45) is 5.10 Å². The highest BCUT2D eigenvalue weighted by Gasteiger charge is 2.09. The summed E-state index contributed by atoms with van der Waals surface area (Å²) in [6, 6.07) is 21.2. The van der Waals surface area contributed by atoms with Crippen molar-refractivity contribution in [1.29, 1.82) is 0 Å². The van der Waals surface area contributed by atoms with Crippen LogP contribution in [-0.2, 0) is 0 Å². The summed E-state index contributed by atoms with van der Waals surface area (Å²) >= 11 is 5.86. The minimum atomic E-state index is -0.269. The number of amides is 2. The van der Waals surface area contributed by atoms with Crippen LogP contribution in [0.4, 0.5) is 5.69 Å². The molecule has 0 aliphatic heterocycles. The maximum absolute atomic E-state index is 12.4. The van der Waals surface area contributed by atoms with E-state index in [2.05, 4.69) is 15.8 Å². The van der Waals surface area contributed by atoms with Crippen LogP contribution in [-0.4, -0.2) is 17.5 Å². The molecule has 0 aromatic heterocycles. The fourth-order valence-corrected chi connectivity index (χ4v) is 2.84. The molecule has 0 saturated heterocycles. The van der Waals surface area contributed by atoms with E-state index in [0.717, 1.165) is 11.1 Å². The van der Waals surface area contributed by atoms with Crippen LogP contribution >= 0.6 is 11.6 Å². The summed E-state index contributed by atoms with van der Waals surface area (Å²) in [6.45, 7) is 3.66. The lowest BCUT2D eigenvalue weighted by Gasteiger charge is -2.08. The summed E-state index contributed by atoms with van der Waals surface area (Å²) < 4.78 is 0. The third kappa shape index (κ3) is 5.30. The van der Waals surface area contributed by atoms with Crippen LogP contribution in [0.3, 0.4) is 0 Å². The van der Waals surface area contributed by atoms with Gasteiger partial charge in [-0.05, 0) is 67.4 Å². The Hall–Kier alpha value is -3.44. The molecule has 3 aromatic rings. The number of benzene rings is 3. The molecule has 146 valence electrons. The molecule has 0 unspecified atom stereocenters. The lowest BCUT2D eigenvalue weighted by molar-refractivity contribution is 0.0953. The Morgan fingerprint density at radius 1 is 0.862 bits per heavy atom. The predicted octanol–water partition coefficient (Wildman–Crippen LogP) is 5.05. The van der Waals surface area contributed by atoms with Crippen LogP contribution in [0.25, 0.3) is 0 Å². The first-order chi connectivity index (χ1) is 13.9. The van der Waals surface area contributed by atoms with Crippen LogP contribution in [0.15, 0.2) is 77.9 Å². The molecule has 0 radical (unpaired) electrons. The van der Waals surface area contributed by atoms with Crippen LogP contribution in [0.5, 0.6) is 0 Å². The lowest BCUT2D eigenvalue weighted by Crippen LogP contribution is -2.20. The standard InChI is InChI=1S/C23H20ClN3O2/c1-15-6-3-4-9-21(15)23(29)27-26-16(2)18-7-5-8-20(14-18)25-22(28)17-10-12-19(24)13-11-17/h3-14H,1-2H3,(H,25,28)(H,27,29)/b26-16+. The van der Waals surface area contributed by atoms with Crippen molar-refractivity contribution >= 4 is 34.8 Å². The van der Waals surface area contributed by atoms with E-state index in [1.165, 1.54) is 0 Å². The number of anilines is 1. The Labute approximate surface area is 174 Å². The predicted molar refractivity (Wildman–Crippen MR) is 117 cm³/mol. The van der Waals surface area contributed by atoms with Crippen molar-refractivity contribution < 1.29 is 9.59 Å². The molecular formula is C23H20ClN3O2. The fraction of sp³-hybridized carbons (Fsp3) is 0.0870.